The maximum Gasteiger partial charge on any atom is 0.318 e. The maximum absolute atomic E-state index is 14.3. The van der Waals surface area contributed by atoms with Crippen LogP contribution in [0, 0.1) is 34.8 Å². The predicted octanol–water partition coefficient (Wildman–Crippen LogP) is 6.01. The Labute approximate surface area is 402 Å². The summed E-state index contributed by atoms with van der Waals surface area (Å²) in [6.45, 7) is 12.0. The highest BCUT2D eigenvalue weighted by Gasteiger charge is 2.56. The van der Waals surface area contributed by atoms with Crippen LogP contribution in [0.3, 0.4) is 0 Å². The number of rotatable bonds is 10. The summed E-state index contributed by atoms with van der Waals surface area (Å²) in [5.74, 6) is 1.15. The lowest BCUT2D eigenvalue weighted by molar-refractivity contribution is -0.142. The fraction of sp³-hybridized carbons (Fsp3) is 0.481. The van der Waals surface area contributed by atoms with E-state index >= 15 is 0 Å². The number of hydrogen-bond donors (Lipinski definition) is 6. The van der Waals surface area contributed by atoms with Gasteiger partial charge >= 0.3 is 6.03 Å². The number of carbonyl (C=O) groups is 3. The highest BCUT2D eigenvalue weighted by molar-refractivity contribution is 5.93. The number of nitrogens with one attached hydrogen (secondary N) is 3. The number of terminal acetylenes is 1. The van der Waals surface area contributed by atoms with E-state index in [1.165, 1.54) is 4.90 Å². The number of piperidine rings is 1. The summed E-state index contributed by atoms with van der Waals surface area (Å²) < 4.78 is 28.5. The molecule has 8 N–H and O–H groups in total. The zero-order valence-electron chi connectivity index (χ0n) is 39.8. The van der Waals surface area contributed by atoms with Crippen LogP contribution in [0.1, 0.15) is 117 Å². The topological polar surface area (TPSA) is 202 Å². The summed E-state index contributed by atoms with van der Waals surface area (Å²) in [5, 5.41) is 16.1. The average molecular weight is 944 g/mol. The number of H-pyrrole nitrogens is 1. The largest absolute Gasteiger partial charge is 0.507 e. The molecule has 1 aliphatic carbocycles. The Morgan fingerprint density at radius 1 is 1.04 bits per heavy atom. The minimum absolute atomic E-state index is 0.0646. The zero-order chi connectivity index (χ0) is 48.9. The van der Waals surface area contributed by atoms with E-state index < -0.39 is 40.6 Å². The minimum Gasteiger partial charge on any atom is -0.507 e. The molecule has 4 aromatic rings. The summed E-state index contributed by atoms with van der Waals surface area (Å²) in [7, 11) is 0. The Kier molecular flexibility index (Phi) is 12.8. The highest BCUT2D eigenvalue weighted by atomic mass is 19.1. The summed E-state index contributed by atoms with van der Waals surface area (Å²) in [6, 6.07) is 7.64. The van der Waals surface area contributed by atoms with Gasteiger partial charge in [-0.05, 0) is 111 Å². The van der Waals surface area contributed by atoms with Crippen molar-refractivity contribution in [3.63, 3.8) is 0 Å². The lowest BCUT2D eigenvalue weighted by atomic mass is 9.60. The van der Waals surface area contributed by atoms with Crippen LogP contribution in [-0.2, 0) is 22.6 Å². The van der Waals surface area contributed by atoms with E-state index in [4.69, 9.17) is 27.9 Å². The Morgan fingerprint density at radius 2 is 1.72 bits per heavy atom. The smallest absolute Gasteiger partial charge is 0.318 e. The molecule has 17 heteroatoms. The lowest BCUT2D eigenvalue weighted by Crippen LogP contribution is -2.70. The Hall–Kier alpha value is -6.67. The molecule has 2 aromatic heterocycles. The van der Waals surface area contributed by atoms with Crippen LogP contribution in [0.25, 0.3) is 11.8 Å². The number of likely N-dealkylation sites (tertiary alicyclic amines) is 3. The van der Waals surface area contributed by atoms with Gasteiger partial charge in [0, 0.05) is 91.1 Å². The van der Waals surface area contributed by atoms with E-state index in [-0.39, 0.29) is 41.3 Å². The number of phenolic OH excluding ortho intramolecular Hbond substituents is 1. The lowest BCUT2D eigenvalue weighted by Gasteiger charge is -2.61. The Balaban J connectivity index is 0.737. The number of halogens is 2. The van der Waals surface area contributed by atoms with Crippen LogP contribution in [-0.4, -0.2) is 110 Å². The number of fused-ring (bicyclic) bond motifs is 1. The third-order valence-electron chi connectivity index (χ3n) is 15.2. The predicted molar refractivity (Wildman–Crippen MR) is 260 cm³/mol. The van der Waals surface area contributed by atoms with Crippen LogP contribution < -0.4 is 27.0 Å². The molecule has 0 bridgehead atoms. The molecular formula is C52H63F2N11O4. The van der Waals surface area contributed by atoms with E-state index in [0.717, 1.165) is 86.3 Å². The molecule has 9 rings (SSSR count). The highest BCUT2D eigenvalue weighted by Crippen LogP contribution is 2.51. The first-order valence-electron chi connectivity index (χ1n) is 24.1. The number of benzene rings is 2. The summed E-state index contributed by atoms with van der Waals surface area (Å²) in [4.78, 5) is 62.4. The summed E-state index contributed by atoms with van der Waals surface area (Å²) in [6.07, 6.45) is 16.9. The van der Waals surface area contributed by atoms with E-state index in [1.54, 1.807) is 23.1 Å². The fourth-order valence-electron chi connectivity index (χ4n) is 11.4. The molecule has 4 amide bonds. The molecule has 3 atom stereocenters. The third-order valence-corrected chi connectivity index (χ3v) is 15.2. The number of nitrogens with zero attached hydrogens (tertiary/aromatic N) is 6. The number of para-hydroxylation sites is 1. The van der Waals surface area contributed by atoms with Gasteiger partial charge in [-0.3, -0.25) is 9.59 Å². The van der Waals surface area contributed by atoms with Crippen LogP contribution >= 0.6 is 0 Å². The molecule has 4 fully saturated rings. The number of aromatic amines is 1. The molecule has 1 spiro atoms. The number of nitrogen functional groups attached to an aromatic ring is 1. The molecule has 3 saturated heterocycles. The number of anilines is 2. The standard InChI is InChI=1S/C52H63F2N11O4/c1-6-35-38(53)20-31(21-39(35)54)25-57-47(67)42-11-9-16-65(42)48(68)45(51(3,4)5)61-50(69)63-28-52(29-63)23-34(24-52)62-17-13-32(14-18-62)33-26-58-49(59-27-33)64-19-15-41-44(30(64)2)37(46(56)60-41)22-40(55)36-10-7-8-12-43(36)66/h1,7-8,10,12,20-22,26-27,30,32,34,42,45,60,66H,9,11,13-19,23-25,28-29,55-56H2,2-5H3,(H,57,67)(H,61,69)/b40-22-. The van der Waals surface area contributed by atoms with Gasteiger partial charge in [-0.15, -0.1) is 6.42 Å². The molecule has 2 aromatic carbocycles. The van der Waals surface area contributed by atoms with Gasteiger partial charge in [-0.2, -0.15) is 0 Å². The van der Waals surface area contributed by atoms with Crippen molar-refractivity contribution in [1.29, 1.82) is 0 Å². The number of phenols is 1. The number of aromatic nitrogens is 3. The first kappa shape index (κ1) is 47.4. The molecule has 5 aliphatic rings. The van der Waals surface area contributed by atoms with Crippen molar-refractivity contribution in [2.75, 3.05) is 49.9 Å². The van der Waals surface area contributed by atoms with Gasteiger partial charge < -0.3 is 51.8 Å². The second kappa shape index (κ2) is 18.7. The average Bonchev–Trinajstić information content (AvgIpc) is 3.91. The molecule has 1 saturated carbocycles. The van der Waals surface area contributed by atoms with E-state index in [0.29, 0.717) is 67.5 Å². The van der Waals surface area contributed by atoms with E-state index in [2.05, 4.69) is 32.3 Å². The van der Waals surface area contributed by atoms with Crippen LogP contribution in [0.15, 0.2) is 48.8 Å². The minimum atomic E-state index is -0.882. The zero-order valence-corrected chi connectivity index (χ0v) is 39.8. The van der Waals surface area contributed by atoms with E-state index in [9.17, 15) is 28.3 Å². The number of urea groups is 1. The van der Waals surface area contributed by atoms with Gasteiger partial charge in [-0.1, -0.05) is 38.8 Å². The molecule has 364 valence electrons. The number of carbonyl (C=O) groups excluding carboxylic acids is 3. The van der Waals surface area contributed by atoms with E-state index in [1.807, 2.05) is 51.2 Å². The van der Waals surface area contributed by atoms with Gasteiger partial charge in [0.15, 0.2) is 0 Å². The molecule has 15 nitrogen and oxygen atoms in total. The number of aromatic hydroxyl groups is 1. The van der Waals surface area contributed by atoms with Crippen LogP contribution in [0.4, 0.5) is 25.3 Å². The van der Waals surface area contributed by atoms with Gasteiger partial charge in [0.05, 0.1) is 11.6 Å². The Morgan fingerprint density at radius 3 is 2.38 bits per heavy atom. The van der Waals surface area contributed by atoms with Crippen molar-refractivity contribution in [3.05, 3.63) is 99.5 Å². The number of hydrogen-bond acceptors (Lipinski definition) is 10. The molecule has 3 unspecified atom stereocenters. The number of amides is 4. The third kappa shape index (κ3) is 9.30. The van der Waals surface area contributed by atoms with Gasteiger partial charge in [0.25, 0.3) is 0 Å². The van der Waals surface area contributed by atoms with Crippen molar-refractivity contribution in [2.24, 2.45) is 16.6 Å². The summed E-state index contributed by atoms with van der Waals surface area (Å²) in [5.41, 5.74) is 17.2. The van der Waals surface area contributed by atoms with Crippen LogP contribution in [0.2, 0.25) is 0 Å². The molecule has 6 heterocycles. The monoisotopic (exact) mass is 944 g/mol. The molecule has 0 radical (unpaired) electrons. The number of nitrogens with two attached hydrogens (primary N) is 2. The van der Waals surface area contributed by atoms with Crippen molar-refractivity contribution >= 4 is 41.4 Å². The SMILES string of the molecule is C#Cc1c(F)cc(CNC(=O)C2CCCN2C(=O)C(NC(=O)N2CC3(CC(N4CCC(c5cnc(N6CCc7[nH]c(N)c(/C=C(\N)c8ccccc8O)c7C6C)nc5)CC4)C3)C2)C(C)(C)C)cc1F. The second-order valence-corrected chi connectivity index (χ2v) is 20.9. The van der Waals surface area contributed by atoms with Crippen molar-refractivity contribution in [1.82, 2.24) is 40.3 Å². The van der Waals surface area contributed by atoms with Crippen LogP contribution in [0.5, 0.6) is 5.75 Å². The Bertz CT molecular complexity index is 2660. The fourth-order valence-corrected chi connectivity index (χ4v) is 11.4. The van der Waals surface area contributed by atoms with Gasteiger partial charge in [0.2, 0.25) is 17.8 Å². The molecular weight excluding hydrogens is 881 g/mol. The quantitative estimate of drug-likeness (QED) is 0.102. The first-order valence-corrected chi connectivity index (χ1v) is 24.1. The summed E-state index contributed by atoms with van der Waals surface area (Å²) >= 11 is 0. The van der Waals surface area contributed by atoms with Gasteiger partial charge in [-0.25, -0.2) is 23.5 Å². The maximum atomic E-state index is 14.3. The normalized spacial score (nSPS) is 21.3. The van der Waals surface area contributed by atoms with Crippen molar-refractivity contribution in [3.8, 4) is 18.1 Å². The van der Waals surface area contributed by atoms with Crippen molar-refractivity contribution < 1.29 is 28.3 Å². The molecule has 69 heavy (non-hydrogen) atoms. The molecule has 4 aliphatic heterocycles. The van der Waals surface area contributed by atoms with Gasteiger partial charge in [0.1, 0.15) is 35.3 Å². The first-order chi connectivity index (χ1) is 32.9. The second-order valence-electron chi connectivity index (χ2n) is 20.9. The van der Waals surface area contributed by atoms with Crippen molar-refractivity contribution in [2.45, 2.75) is 109 Å².